The molecule has 0 radical (unpaired) electrons. The van der Waals surface area contributed by atoms with Crippen molar-refractivity contribution in [1.29, 1.82) is 0 Å². The van der Waals surface area contributed by atoms with Crippen LogP contribution in [0.25, 0.3) is 0 Å². The summed E-state index contributed by atoms with van der Waals surface area (Å²) in [5.74, 6) is -0.0353. The fraction of sp³-hybridized carbons (Fsp3) is 0.800. The number of carbonyl (C=O) groups is 2. The number of likely N-dealkylation sites (tertiary alicyclic amines) is 1. The first-order valence-corrected chi connectivity index (χ1v) is 5.44. The van der Waals surface area contributed by atoms with Gasteiger partial charge in [-0.1, -0.05) is 0 Å². The number of nitrogens with zero attached hydrogens (tertiary/aromatic N) is 1. The molecule has 3 amide bonds. The van der Waals surface area contributed by atoms with Crippen LogP contribution in [-0.4, -0.2) is 54.2 Å². The molecule has 92 valence electrons. The summed E-state index contributed by atoms with van der Waals surface area (Å²) < 4.78 is 0. The van der Waals surface area contributed by atoms with Crippen molar-refractivity contribution >= 4 is 11.9 Å². The molecule has 1 heterocycles. The van der Waals surface area contributed by atoms with Crippen LogP contribution in [0.2, 0.25) is 0 Å². The lowest BCUT2D eigenvalue weighted by Crippen LogP contribution is -2.53. The van der Waals surface area contributed by atoms with Crippen molar-refractivity contribution in [2.75, 3.05) is 26.2 Å². The summed E-state index contributed by atoms with van der Waals surface area (Å²) in [6.07, 6.45) is 0. The SMILES string of the molecule is CC(C)NC(=O)NC(=O)CN1CC(CO)C1. The summed E-state index contributed by atoms with van der Waals surface area (Å²) in [6, 6.07) is -0.449. The van der Waals surface area contributed by atoms with Gasteiger partial charge in [0.25, 0.3) is 0 Å². The van der Waals surface area contributed by atoms with E-state index in [-0.39, 0.29) is 31.0 Å². The first kappa shape index (κ1) is 12.9. The van der Waals surface area contributed by atoms with E-state index in [1.54, 1.807) is 0 Å². The van der Waals surface area contributed by atoms with Crippen molar-refractivity contribution in [3.8, 4) is 0 Å². The van der Waals surface area contributed by atoms with Gasteiger partial charge < -0.3 is 10.4 Å². The molecule has 1 aliphatic rings. The normalized spacial score (nSPS) is 17.0. The van der Waals surface area contributed by atoms with Crippen molar-refractivity contribution in [3.63, 3.8) is 0 Å². The highest BCUT2D eigenvalue weighted by Gasteiger charge is 2.27. The molecule has 0 aromatic rings. The molecule has 1 fully saturated rings. The van der Waals surface area contributed by atoms with Gasteiger partial charge in [0.1, 0.15) is 0 Å². The monoisotopic (exact) mass is 229 g/mol. The third-order valence-corrected chi connectivity index (χ3v) is 2.33. The molecule has 0 aromatic heterocycles. The predicted molar refractivity (Wildman–Crippen MR) is 58.8 cm³/mol. The Hall–Kier alpha value is -1.14. The molecule has 1 aliphatic heterocycles. The van der Waals surface area contributed by atoms with E-state index in [1.807, 2.05) is 18.7 Å². The molecule has 6 heteroatoms. The number of hydrogen-bond donors (Lipinski definition) is 3. The van der Waals surface area contributed by atoms with Gasteiger partial charge in [-0.3, -0.25) is 15.0 Å². The highest BCUT2D eigenvalue weighted by atomic mass is 16.3. The number of hydrogen-bond acceptors (Lipinski definition) is 4. The lowest BCUT2D eigenvalue weighted by atomic mass is 10.0. The molecule has 0 spiro atoms. The third kappa shape index (κ3) is 4.16. The highest BCUT2D eigenvalue weighted by Crippen LogP contribution is 2.13. The van der Waals surface area contributed by atoms with Crippen LogP contribution >= 0.6 is 0 Å². The summed E-state index contributed by atoms with van der Waals surface area (Å²) in [5, 5.41) is 13.6. The Morgan fingerprint density at radius 3 is 2.56 bits per heavy atom. The summed E-state index contributed by atoms with van der Waals surface area (Å²) in [6.45, 7) is 5.45. The van der Waals surface area contributed by atoms with Gasteiger partial charge in [0.05, 0.1) is 6.54 Å². The van der Waals surface area contributed by atoms with Crippen molar-refractivity contribution in [2.24, 2.45) is 5.92 Å². The Labute approximate surface area is 95.0 Å². The average molecular weight is 229 g/mol. The molecule has 1 rings (SSSR count). The average Bonchev–Trinajstić information content (AvgIpc) is 2.08. The maximum absolute atomic E-state index is 11.4. The Balaban J connectivity index is 2.14. The Morgan fingerprint density at radius 2 is 2.06 bits per heavy atom. The number of imide groups is 1. The number of rotatable bonds is 4. The van der Waals surface area contributed by atoms with E-state index in [1.165, 1.54) is 0 Å². The molecule has 0 atom stereocenters. The van der Waals surface area contributed by atoms with Crippen LogP contribution in [0.3, 0.4) is 0 Å². The molecule has 0 bridgehead atoms. The highest BCUT2D eigenvalue weighted by molar-refractivity contribution is 5.95. The first-order valence-electron chi connectivity index (χ1n) is 5.44. The van der Waals surface area contributed by atoms with E-state index in [2.05, 4.69) is 10.6 Å². The van der Waals surface area contributed by atoms with Gasteiger partial charge in [0.2, 0.25) is 5.91 Å². The zero-order valence-corrected chi connectivity index (χ0v) is 9.69. The minimum atomic E-state index is -0.459. The van der Waals surface area contributed by atoms with Crippen molar-refractivity contribution in [1.82, 2.24) is 15.5 Å². The van der Waals surface area contributed by atoms with Crippen LogP contribution in [0.4, 0.5) is 4.79 Å². The van der Waals surface area contributed by atoms with E-state index in [0.29, 0.717) is 0 Å². The number of aliphatic hydroxyl groups is 1. The molecule has 3 N–H and O–H groups in total. The standard InChI is InChI=1S/C10H19N3O3/c1-7(2)11-10(16)12-9(15)5-13-3-8(4-13)6-14/h7-8,14H,3-6H2,1-2H3,(H2,11,12,15,16). The smallest absolute Gasteiger partial charge is 0.321 e. The van der Waals surface area contributed by atoms with E-state index >= 15 is 0 Å². The van der Waals surface area contributed by atoms with E-state index < -0.39 is 6.03 Å². The summed E-state index contributed by atoms with van der Waals surface area (Å²) in [4.78, 5) is 24.4. The van der Waals surface area contributed by atoms with Gasteiger partial charge in [-0.2, -0.15) is 0 Å². The van der Waals surface area contributed by atoms with E-state index in [9.17, 15) is 9.59 Å². The Kier molecular flexibility index (Phi) is 4.70. The minimum Gasteiger partial charge on any atom is -0.396 e. The molecule has 1 saturated heterocycles. The second-order valence-electron chi connectivity index (χ2n) is 4.42. The van der Waals surface area contributed by atoms with Crippen LogP contribution < -0.4 is 10.6 Å². The number of carbonyl (C=O) groups excluding carboxylic acids is 2. The number of nitrogens with one attached hydrogen (secondary N) is 2. The molecule has 6 nitrogen and oxygen atoms in total. The maximum atomic E-state index is 11.4. The zero-order valence-electron chi connectivity index (χ0n) is 9.69. The second kappa shape index (κ2) is 5.81. The number of amides is 3. The first-order chi connectivity index (χ1) is 7.51. The van der Waals surface area contributed by atoms with Gasteiger partial charge in [-0.25, -0.2) is 4.79 Å². The van der Waals surface area contributed by atoms with Gasteiger partial charge in [0, 0.05) is 31.7 Å². The Bertz CT molecular complexity index is 262. The summed E-state index contributed by atoms with van der Waals surface area (Å²) in [7, 11) is 0. The lowest BCUT2D eigenvalue weighted by molar-refractivity contribution is -0.123. The molecule has 16 heavy (non-hydrogen) atoms. The fourth-order valence-electron chi connectivity index (χ4n) is 1.59. The van der Waals surface area contributed by atoms with Crippen LogP contribution in [0.1, 0.15) is 13.8 Å². The fourth-order valence-corrected chi connectivity index (χ4v) is 1.59. The zero-order chi connectivity index (χ0) is 12.1. The minimum absolute atomic E-state index is 0.00979. The number of urea groups is 1. The van der Waals surface area contributed by atoms with E-state index in [4.69, 9.17) is 5.11 Å². The Morgan fingerprint density at radius 1 is 1.44 bits per heavy atom. The van der Waals surface area contributed by atoms with Gasteiger partial charge >= 0.3 is 6.03 Å². The summed E-state index contributed by atoms with van der Waals surface area (Å²) >= 11 is 0. The second-order valence-corrected chi connectivity index (χ2v) is 4.42. The van der Waals surface area contributed by atoms with E-state index in [0.717, 1.165) is 13.1 Å². The van der Waals surface area contributed by atoms with Crippen LogP contribution in [-0.2, 0) is 4.79 Å². The molecule has 0 aliphatic carbocycles. The largest absolute Gasteiger partial charge is 0.396 e. The summed E-state index contributed by atoms with van der Waals surface area (Å²) in [5.41, 5.74) is 0. The molecule has 0 unspecified atom stereocenters. The van der Waals surface area contributed by atoms with Crippen LogP contribution in [0.15, 0.2) is 0 Å². The predicted octanol–water partition coefficient (Wildman–Crippen LogP) is -0.855. The van der Waals surface area contributed by atoms with Crippen molar-refractivity contribution < 1.29 is 14.7 Å². The van der Waals surface area contributed by atoms with Crippen LogP contribution in [0.5, 0.6) is 0 Å². The van der Waals surface area contributed by atoms with Crippen molar-refractivity contribution in [2.45, 2.75) is 19.9 Å². The maximum Gasteiger partial charge on any atom is 0.321 e. The number of aliphatic hydroxyl groups excluding tert-OH is 1. The molecular weight excluding hydrogens is 210 g/mol. The third-order valence-electron chi connectivity index (χ3n) is 2.33. The quantitative estimate of drug-likeness (QED) is 0.586. The van der Waals surface area contributed by atoms with Crippen LogP contribution in [0, 0.1) is 5.92 Å². The molecular formula is C10H19N3O3. The van der Waals surface area contributed by atoms with Gasteiger partial charge in [-0.15, -0.1) is 0 Å². The van der Waals surface area contributed by atoms with Gasteiger partial charge in [0.15, 0.2) is 0 Å². The van der Waals surface area contributed by atoms with Crippen molar-refractivity contribution in [3.05, 3.63) is 0 Å². The molecule has 0 aromatic carbocycles. The van der Waals surface area contributed by atoms with Gasteiger partial charge in [-0.05, 0) is 13.8 Å². The lowest BCUT2D eigenvalue weighted by Gasteiger charge is -2.37. The molecule has 0 saturated carbocycles. The topological polar surface area (TPSA) is 81.7 Å².